The Morgan fingerprint density at radius 3 is 2.68 bits per heavy atom. The smallest absolute Gasteiger partial charge is 0.338 e. The van der Waals surface area contributed by atoms with Gasteiger partial charge in [-0.1, -0.05) is 11.3 Å². The number of esters is 1. The Hall–Kier alpha value is -2.81. The van der Waals surface area contributed by atoms with Gasteiger partial charge in [0.25, 0.3) is 0 Å². The lowest BCUT2D eigenvalue weighted by Crippen LogP contribution is -2.36. The lowest BCUT2D eigenvalue weighted by atomic mass is 10.2. The number of fused-ring (bicyclic) bond motifs is 1. The lowest BCUT2D eigenvalue weighted by molar-refractivity contribution is -0.141. The van der Waals surface area contributed by atoms with Crippen molar-refractivity contribution in [1.82, 2.24) is 9.88 Å². The van der Waals surface area contributed by atoms with Gasteiger partial charge in [-0.05, 0) is 25.1 Å². The Balaban J connectivity index is 1.71. The number of benzene rings is 1. The van der Waals surface area contributed by atoms with Crippen molar-refractivity contribution in [3.05, 3.63) is 23.8 Å². The molecule has 3 amide bonds. The number of rotatable bonds is 5. The number of ether oxygens (including phenoxy) is 1. The first-order valence-electron chi connectivity index (χ1n) is 7.68. The van der Waals surface area contributed by atoms with Crippen LogP contribution in [0.1, 0.15) is 30.1 Å². The summed E-state index contributed by atoms with van der Waals surface area (Å²) in [5, 5.41) is 2.91. The van der Waals surface area contributed by atoms with Gasteiger partial charge in [-0.15, -0.1) is 0 Å². The van der Waals surface area contributed by atoms with Gasteiger partial charge in [-0.25, -0.2) is 9.78 Å². The second kappa shape index (κ2) is 6.98. The molecule has 0 bridgehead atoms. The topological polar surface area (TPSA) is 106 Å². The molecule has 0 unspecified atom stereocenters. The van der Waals surface area contributed by atoms with Gasteiger partial charge in [0, 0.05) is 12.8 Å². The highest BCUT2D eigenvalue weighted by Crippen LogP contribution is 2.27. The van der Waals surface area contributed by atoms with Crippen molar-refractivity contribution in [1.29, 1.82) is 0 Å². The van der Waals surface area contributed by atoms with Crippen molar-refractivity contribution >= 4 is 50.4 Å². The van der Waals surface area contributed by atoms with E-state index in [2.05, 4.69) is 10.3 Å². The Morgan fingerprint density at radius 2 is 2.00 bits per heavy atom. The molecule has 1 N–H and O–H groups in total. The van der Waals surface area contributed by atoms with Crippen LogP contribution in [0.2, 0.25) is 0 Å². The van der Waals surface area contributed by atoms with Crippen LogP contribution in [0, 0.1) is 0 Å². The summed E-state index contributed by atoms with van der Waals surface area (Å²) in [6.07, 6.45) is 0.285. The van der Waals surface area contributed by atoms with Crippen LogP contribution >= 0.6 is 11.3 Å². The van der Waals surface area contributed by atoms with Crippen LogP contribution in [0.4, 0.5) is 5.13 Å². The molecule has 130 valence electrons. The van der Waals surface area contributed by atoms with Gasteiger partial charge in [0.05, 0.1) is 22.4 Å². The molecule has 0 saturated carbocycles. The average molecular weight is 361 g/mol. The van der Waals surface area contributed by atoms with E-state index in [9.17, 15) is 19.2 Å². The SMILES string of the molecule is CCOC(=O)c1ccc2nc(NC(=O)CN3C(=O)CCC3=O)sc2c1. The fourth-order valence-corrected chi connectivity index (χ4v) is 3.34. The van der Waals surface area contributed by atoms with Crippen LogP contribution < -0.4 is 5.32 Å². The van der Waals surface area contributed by atoms with E-state index < -0.39 is 11.9 Å². The summed E-state index contributed by atoms with van der Waals surface area (Å²) in [7, 11) is 0. The van der Waals surface area contributed by atoms with Gasteiger partial charge in [-0.3, -0.25) is 19.3 Å². The molecule has 1 saturated heterocycles. The average Bonchev–Trinajstić information content (AvgIpc) is 3.11. The molecule has 9 heteroatoms. The van der Waals surface area contributed by atoms with E-state index in [-0.39, 0.29) is 37.8 Å². The molecule has 8 nitrogen and oxygen atoms in total. The van der Waals surface area contributed by atoms with Gasteiger partial charge in [-0.2, -0.15) is 0 Å². The summed E-state index contributed by atoms with van der Waals surface area (Å²) in [4.78, 5) is 52.1. The highest BCUT2D eigenvalue weighted by Gasteiger charge is 2.30. The molecule has 3 rings (SSSR count). The number of hydrogen-bond acceptors (Lipinski definition) is 7. The molecule has 0 atom stereocenters. The molecule has 1 aromatic heterocycles. The van der Waals surface area contributed by atoms with Crippen molar-refractivity contribution in [3.63, 3.8) is 0 Å². The molecule has 0 radical (unpaired) electrons. The van der Waals surface area contributed by atoms with E-state index in [0.717, 1.165) is 4.90 Å². The zero-order valence-electron chi connectivity index (χ0n) is 13.4. The minimum atomic E-state index is -0.492. The summed E-state index contributed by atoms with van der Waals surface area (Å²) < 4.78 is 5.67. The summed E-state index contributed by atoms with van der Waals surface area (Å²) in [6, 6.07) is 4.92. The predicted octanol–water partition coefficient (Wildman–Crippen LogP) is 1.56. The third-order valence-corrected chi connectivity index (χ3v) is 4.54. The molecule has 1 aromatic carbocycles. The van der Waals surface area contributed by atoms with Crippen LogP contribution in [0.3, 0.4) is 0 Å². The standard InChI is InChI=1S/C16H15N3O5S/c1-2-24-15(23)9-3-4-10-11(7-9)25-16(17-10)18-12(20)8-19-13(21)5-6-14(19)22/h3-4,7H,2,5-6,8H2,1H3,(H,17,18,20). The van der Waals surface area contributed by atoms with Gasteiger partial charge in [0.15, 0.2) is 5.13 Å². The van der Waals surface area contributed by atoms with Crippen LogP contribution in [-0.4, -0.2) is 46.7 Å². The monoisotopic (exact) mass is 361 g/mol. The number of thiazole rings is 1. The first kappa shape index (κ1) is 17.0. The van der Waals surface area contributed by atoms with Crippen LogP contribution in [-0.2, 0) is 19.1 Å². The van der Waals surface area contributed by atoms with E-state index in [1.54, 1.807) is 25.1 Å². The molecule has 2 heterocycles. The number of carbonyl (C=O) groups excluding carboxylic acids is 4. The van der Waals surface area contributed by atoms with Gasteiger partial charge >= 0.3 is 5.97 Å². The Morgan fingerprint density at radius 1 is 1.28 bits per heavy atom. The second-order valence-electron chi connectivity index (χ2n) is 5.34. The fraction of sp³-hybridized carbons (Fsp3) is 0.312. The van der Waals surface area contributed by atoms with E-state index in [4.69, 9.17) is 4.74 Å². The highest BCUT2D eigenvalue weighted by atomic mass is 32.1. The summed E-state index contributed by atoms with van der Waals surface area (Å²) in [6.45, 7) is 1.70. The Labute approximate surface area is 146 Å². The largest absolute Gasteiger partial charge is 0.462 e. The molecule has 2 aromatic rings. The number of likely N-dealkylation sites (tertiary alicyclic amines) is 1. The molecule has 0 spiro atoms. The number of imide groups is 1. The Kier molecular flexibility index (Phi) is 4.75. The highest BCUT2D eigenvalue weighted by molar-refractivity contribution is 7.22. The Bertz CT molecular complexity index is 860. The van der Waals surface area contributed by atoms with Crippen LogP contribution in [0.15, 0.2) is 18.2 Å². The predicted molar refractivity (Wildman–Crippen MR) is 90.2 cm³/mol. The third-order valence-electron chi connectivity index (χ3n) is 3.60. The summed E-state index contributed by atoms with van der Waals surface area (Å²) in [5.41, 5.74) is 1.03. The molecule has 1 fully saturated rings. The van der Waals surface area contributed by atoms with Gasteiger partial charge in [0.1, 0.15) is 6.54 Å². The maximum Gasteiger partial charge on any atom is 0.338 e. The van der Waals surface area contributed by atoms with Crippen molar-refractivity contribution in [3.8, 4) is 0 Å². The fourth-order valence-electron chi connectivity index (χ4n) is 2.42. The molecular weight excluding hydrogens is 346 g/mol. The minimum Gasteiger partial charge on any atom is -0.462 e. The lowest BCUT2D eigenvalue weighted by Gasteiger charge is -2.12. The zero-order chi connectivity index (χ0) is 18.0. The summed E-state index contributed by atoms with van der Waals surface area (Å²) >= 11 is 1.20. The quantitative estimate of drug-likeness (QED) is 0.640. The normalized spacial score (nSPS) is 14.2. The number of amides is 3. The second-order valence-corrected chi connectivity index (χ2v) is 6.37. The first-order chi connectivity index (χ1) is 12.0. The van der Waals surface area contributed by atoms with Gasteiger partial charge < -0.3 is 10.1 Å². The molecule has 0 aliphatic carbocycles. The zero-order valence-corrected chi connectivity index (χ0v) is 14.2. The number of nitrogens with zero attached hydrogens (tertiary/aromatic N) is 2. The molecular formula is C16H15N3O5S. The number of carbonyl (C=O) groups is 4. The molecule has 25 heavy (non-hydrogen) atoms. The van der Waals surface area contributed by atoms with E-state index >= 15 is 0 Å². The van der Waals surface area contributed by atoms with Crippen molar-refractivity contribution in [2.24, 2.45) is 0 Å². The van der Waals surface area contributed by atoms with Crippen LogP contribution in [0.5, 0.6) is 0 Å². The maximum absolute atomic E-state index is 12.0. The number of aromatic nitrogens is 1. The first-order valence-corrected chi connectivity index (χ1v) is 8.50. The third kappa shape index (κ3) is 3.66. The van der Waals surface area contributed by atoms with E-state index in [1.807, 2.05) is 0 Å². The molecule has 1 aliphatic rings. The van der Waals surface area contributed by atoms with Gasteiger partial charge in [0.2, 0.25) is 17.7 Å². The van der Waals surface area contributed by atoms with Crippen molar-refractivity contribution in [2.45, 2.75) is 19.8 Å². The summed E-state index contributed by atoms with van der Waals surface area (Å²) in [5.74, 6) is -1.60. The van der Waals surface area contributed by atoms with Crippen LogP contribution in [0.25, 0.3) is 10.2 Å². The van der Waals surface area contributed by atoms with Crippen molar-refractivity contribution < 1.29 is 23.9 Å². The number of anilines is 1. The van der Waals surface area contributed by atoms with E-state index in [1.165, 1.54) is 11.3 Å². The van der Waals surface area contributed by atoms with E-state index in [0.29, 0.717) is 20.9 Å². The number of hydrogen-bond donors (Lipinski definition) is 1. The molecule has 1 aliphatic heterocycles. The number of nitrogens with one attached hydrogen (secondary N) is 1. The minimum absolute atomic E-state index is 0.143. The van der Waals surface area contributed by atoms with Crippen molar-refractivity contribution in [2.75, 3.05) is 18.5 Å². The maximum atomic E-state index is 12.0.